The van der Waals surface area contributed by atoms with Crippen molar-refractivity contribution in [3.63, 3.8) is 0 Å². The predicted molar refractivity (Wildman–Crippen MR) is 76.0 cm³/mol. The summed E-state index contributed by atoms with van der Waals surface area (Å²) in [5.41, 5.74) is 5.89. The fourth-order valence-corrected chi connectivity index (χ4v) is 2.89. The Hall–Kier alpha value is -1.26. The Morgan fingerprint density at radius 2 is 2.26 bits per heavy atom. The minimum absolute atomic E-state index is 0.00872. The maximum atomic E-state index is 12.2. The highest BCUT2D eigenvalue weighted by molar-refractivity contribution is 6.02. The van der Waals surface area contributed by atoms with Crippen LogP contribution >= 0.6 is 0 Å². The van der Waals surface area contributed by atoms with E-state index in [1.807, 2.05) is 6.92 Å². The summed E-state index contributed by atoms with van der Waals surface area (Å²) in [4.78, 5) is 12.2. The van der Waals surface area contributed by atoms with Gasteiger partial charge in [0, 0.05) is 6.04 Å². The van der Waals surface area contributed by atoms with E-state index in [1.165, 1.54) is 6.42 Å². The Bertz CT molecular complexity index is 340. The van der Waals surface area contributed by atoms with Gasteiger partial charge in [0.1, 0.15) is 0 Å². The molecule has 1 rings (SSSR count). The first-order valence-corrected chi connectivity index (χ1v) is 7.17. The van der Waals surface area contributed by atoms with Crippen molar-refractivity contribution in [3.05, 3.63) is 0 Å². The first kappa shape index (κ1) is 15.8. The zero-order valence-corrected chi connectivity index (χ0v) is 12.3. The van der Waals surface area contributed by atoms with Gasteiger partial charge in [-0.2, -0.15) is 0 Å². The molecule has 1 fully saturated rings. The van der Waals surface area contributed by atoms with Crippen molar-refractivity contribution in [2.75, 3.05) is 0 Å². The average molecular weight is 269 g/mol. The number of oxime groups is 1. The summed E-state index contributed by atoms with van der Waals surface area (Å²) in [5, 5.41) is 14.8. The van der Waals surface area contributed by atoms with Crippen LogP contribution in [0.3, 0.4) is 0 Å². The smallest absolute Gasteiger partial charge is 0.231 e. The van der Waals surface area contributed by atoms with Crippen LogP contribution in [0.1, 0.15) is 59.3 Å². The highest BCUT2D eigenvalue weighted by Gasteiger charge is 2.31. The molecule has 1 saturated carbocycles. The molecule has 110 valence electrons. The van der Waals surface area contributed by atoms with Crippen LogP contribution in [0.15, 0.2) is 5.16 Å². The third kappa shape index (κ3) is 4.73. The van der Waals surface area contributed by atoms with Crippen LogP contribution in [0.2, 0.25) is 0 Å². The SMILES string of the molecule is CCCC(C(=O)NC1CCCC(C)(C)C1)C(N)=NO. The number of amides is 1. The van der Waals surface area contributed by atoms with Crippen LogP contribution in [-0.2, 0) is 4.79 Å². The van der Waals surface area contributed by atoms with E-state index in [0.29, 0.717) is 6.42 Å². The van der Waals surface area contributed by atoms with E-state index in [-0.39, 0.29) is 23.2 Å². The minimum atomic E-state index is -0.514. The third-order valence-electron chi connectivity index (χ3n) is 3.92. The molecular weight excluding hydrogens is 242 g/mol. The van der Waals surface area contributed by atoms with Gasteiger partial charge in [0.15, 0.2) is 5.84 Å². The van der Waals surface area contributed by atoms with E-state index >= 15 is 0 Å². The standard InChI is InChI=1S/C14H27N3O2/c1-4-6-11(12(15)17-19)13(18)16-10-7-5-8-14(2,3)9-10/h10-11,19H,4-9H2,1-3H3,(H2,15,17)(H,16,18). The fraction of sp³-hybridized carbons (Fsp3) is 0.857. The van der Waals surface area contributed by atoms with E-state index in [0.717, 1.165) is 25.7 Å². The van der Waals surface area contributed by atoms with Crippen molar-refractivity contribution in [1.29, 1.82) is 0 Å². The van der Waals surface area contributed by atoms with E-state index in [1.54, 1.807) is 0 Å². The highest BCUT2D eigenvalue weighted by atomic mass is 16.4. The quantitative estimate of drug-likeness (QED) is 0.309. The molecular formula is C14H27N3O2. The number of nitrogens with zero attached hydrogens (tertiary/aromatic N) is 1. The van der Waals surface area contributed by atoms with E-state index in [9.17, 15) is 4.79 Å². The summed E-state index contributed by atoms with van der Waals surface area (Å²) in [5.74, 6) is -0.616. The zero-order valence-electron chi connectivity index (χ0n) is 12.3. The predicted octanol–water partition coefficient (Wildman–Crippen LogP) is 2.23. The van der Waals surface area contributed by atoms with Crippen molar-refractivity contribution in [3.8, 4) is 0 Å². The Kier molecular flexibility index (Phi) is 5.63. The second-order valence-electron chi connectivity index (χ2n) is 6.33. The number of nitrogens with two attached hydrogens (primary N) is 1. The number of hydrogen-bond donors (Lipinski definition) is 3. The minimum Gasteiger partial charge on any atom is -0.409 e. The summed E-state index contributed by atoms with van der Waals surface area (Å²) in [6, 6.07) is 0.210. The molecule has 1 aliphatic rings. The van der Waals surface area contributed by atoms with Crippen molar-refractivity contribution in [2.45, 2.75) is 65.3 Å². The highest BCUT2D eigenvalue weighted by Crippen LogP contribution is 2.35. The summed E-state index contributed by atoms with van der Waals surface area (Å²) < 4.78 is 0. The lowest BCUT2D eigenvalue weighted by Crippen LogP contribution is -2.46. The summed E-state index contributed by atoms with van der Waals surface area (Å²) in [6.45, 7) is 6.45. The Labute approximate surface area is 115 Å². The molecule has 0 aliphatic heterocycles. The monoisotopic (exact) mass is 269 g/mol. The van der Waals surface area contributed by atoms with Gasteiger partial charge < -0.3 is 16.3 Å². The summed E-state index contributed by atoms with van der Waals surface area (Å²) in [7, 11) is 0. The maximum absolute atomic E-state index is 12.2. The van der Waals surface area contributed by atoms with Gasteiger partial charge in [-0.1, -0.05) is 38.8 Å². The summed E-state index contributed by atoms with van der Waals surface area (Å²) >= 11 is 0. The van der Waals surface area contributed by atoms with E-state index in [4.69, 9.17) is 10.9 Å². The molecule has 2 unspecified atom stereocenters. The first-order valence-electron chi connectivity index (χ1n) is 7.17. The number of amidine groups is 1. The van der Waals surface area contributed by atoms with Gasteiger partial charge in [0.2, 0.25) is 5.91 Å². The Morgan fingerprint density at radius 3 is 2.79 bits per heavy atom. The second kappa shape index (κ2) is 6.78. The zero-order chi connectivity index (χ0) is 14.5. The Balaban J connectivity index is 2.61. The van der Waals surface area contributed by atoms with Gasteiger partial charge in [-0.25, -0.2) is 0 Å². The van der Waals surface area contributed by atoms with Crippen LogP contribution in [0.4, 0.5) is 0 Å². The molecule has 0 radical (unpaired) electrons. The van der Waals surface area contributed by atoms with Crippen molar-refractivity contribution in [2.24, 2.45) is 22.2 Å². The van der Waals surface area contributed by atoms with Crippen molar-refractivity contribution < 1.29 is 10.0 Å². The largest absolute Gasteiger partial charge is 0.409 e. The molecule has 5 heteroatoms. The van der Waals surface area contributed by atoms with Crippen LogP contribution in [0.5, 0.6) is 0 Å². The molecule has 19 heavy (non-hydrogen) atoms. The maximum Gasteiger partial charge on any atom is 0.231 e. The number of carbonyl (C=O) groups excluding carboxylic acids is 1. The molecule has 0 aromatic carbocycles. The number of carbonyl (C=O) groups is 1. The van der Waals surface area contributed by atoms with Crippen molar-refractivity contribution in [1.82, 2.24) is 5.32 Å². The van der Waals surface area contributed by atoms with Crippen LogP contribution < -0.4 is 11.1 Å². The van der Waals surface area contributed by atoms with E-state index in [2.05, 4.69) is 24.3 Å². The van der Waals surface area contributed by atoms with Crippen LogP contribution in [0, 0.1) is 11.3 Å². The topological polar surface area (TPSA) is 87.7 Å². The lowest BCUT2D eigenvalue weighted by Gasteiger charge is -2.36. The number of nitrogens with one attached hydrogen (secondary N) is 1. The molecule has 5 nitrogen and oxygen atoms in total. The molecule has 0 heterocycles. The fourth-order valence-electron chi connectivity index (χ4n) is 2.89. The molecule has 4 N–H and O–H groups in total. The van der Waals surface area contributed by atoms with Gasteiger partial charge in [0.25, 0.3) is 0 Å². The van der Waals surface area contributed by atoms with Crippen LogP contribution in [-0.4, -0.2) is 23.0 Å². The van der Waals surface area contributed by atoms with Gasteiger partial charge in [-0.3, -0.25) is 4.79 Å². The lowest BCUT2D eigenvalue weighted by molar-refractivity contribution is -0.124. The molecule has 0 aromatic rings. The number of hydrogen-bond acceptors (Lipinski definition) is 3. The second-order valence-corrected chi connectivity index (χ2v) is 6.33. The van der Waals surface area contributed by atoms with Gasteiger partial charge in [-0.05, 0) is 31.1 Å². The Morgan fingerprint density at radius 1 is 1.58 bits per heavy atom. The molecule has 0 spiro atoms. The molecule has 0 saturated heterocycles. The number of rotatable bonds is 5. The lowest BCUT2D eigenvalue weighted by atomic mass is 9.75. The molecule has 0 bridgehead atoms. The molecule has 2 atom stereocenters. The van der Waals surface area contributed by atoms with E-state index < -0.39 is 5.92 Å². The average Bonchev–Trinajstić information content (AvgIpc) is 2.33. The van der Waals surface area contributed by atoms with Gasteiger partial charge in [-0.15, -0.1) is 0 Å². The first-order chi connectivity index (χ1) is 8.89. The van der Waals surface area contributed by atoms with Gasteiger partial charge in [0.05, 0.1) is 5.92 Å². The molecule has 1 aliphatic carbocycles. The normalized spacial score (nSPS) is 24.8. The molecule has 1 amide bonds. The van der Waals surface area contributed by atoms with Crippen LogP contribution in [0.25, 0.3) is 0 Å². The van der Waals surface area contributed by atoms with Crippen molar-refractivity contribution >= 4 is 11.7 Å². The summed E-state index contributed by atoms with van der Waals surface area (Å²) in [6.07, 6.45) is 5.79. The van der Waals surface area contributed by atoms with Gasteiger partial charge >= 0.3 is 0 Å². The molecule has 0 aromatic heterocycles. The third-order valence-corrected chi connectivity index (χ3v) is 3.92.